The first-order valence-corrected chi connectivity index (χ1v) is 16.4. The highest BCUT2D eigenvalue weighted by Gasteiger charge is 2.33. The van der Waals surface area contributed by atoms with E-state index in [0.29, 0.717) is 18.7 Å². The molecule has 0 unspecified atom stereocenters. The topological polar surface area (TPSA) is 86.8 Å². The predicted octanol–water partition coefficient (Wildman–Crippen LogP) is 5.61. The van der Waals surface area contributed by atoms with Crippen LogP contribution in [0.15, 0.2) is 78.9 Å². The third kappa shape index (κ3) is 9.44. The molecule has 2 amide bonds. The summed E-state index contributed by atoms with van der Waals surface area (Å²) in [5.74, 6) is -0.706. The number of benzene rings is 3. The van der Waals surface area contributed by atoms with Gasteiger partial charge < -0.3 is 10.2 Å². The van der Waals surface area contributed by atoms with Crippen LogP contribution in [0.4, 0.5) is 5.69 Å². The predicted molar refractivity (Wildman–Crippen MR) is 171 cm³/mol. The van der Waals surface area contributed by atoms with Gasteiger partial charge in [-0.05, 0) is 47.6 Å². The summed E-state index contributed by atoms with van der Waals surface area (Å²) in [4.78, 5) is 29.4. The molecule has 0 aromatic heterocycles. The average molecular weight is 592 g/mol. The molecule has 0 aliphatic rings. The number of unbranched alkanes of at least 4 members (excludes halogenated alkanes) is 1. The van der Waals surface area contributed by atoms with E-state index < -0.39 is 28.5 Å². The first-order valence-electron chi connectivity index (χ1n) is 14.5. The second kappa shape index (κ2) is 14.5. The number of anilines is 1. The van der Waals surface area contributed by atoms with Crippen LogP contribution >= 0.6 is 0 Å². The number of carbonyl (C=O) groups excluding carboxylic acids is 2. The third-order valence-electron chi connectivity index (χ3n) is 7.24. The zero-order chi connectivity index (χ0) is 30.9. The number of rotatable bonds is 13. The van der Waals surface area contributed by atoms with Gasteiger partial charge >= 0.3 is 0 Å². The molecule has 226 valence electrons. The molecule has 8 heteroatoms. The van der Waals surface area contributed by atoms with E-state index in [-0.39, 0.29) is 17.9 Å². The molecule has 1 atom stereocenters. The molecule has 42 heavy (non-hydrogen) atoms. The number of nitrogens with one attached hydrogen (secondary N) is 1. The third-order valence-corrected chi connectivity index (χ3v) is 8.38. The largest absolute Gasteiger partial charge is 0.354 e. The van der Waals surface area contributed by atoms with Crippen LogP contribution in [0.25, 0.3) is 0 Å². The average Bonchev–Trinajstić information content (AvgIpc) is 2.93. The Hall–Kier alpha value is -3.65. The zero-order valence-electron chi connectivity index (χ0n) is 25.8. The van der Waals surface area contributed by atoms with Gasteiger partial charge in [-0.2, -0.15) is 0 Å². The molecule has 3 aromatic rings. The lowest BCUT2D eigenvalue weighted by Gasteiger charge is -2.33. The number of sulfonamides is 1. The van der Waals surface area contributed by atoms with Crippen molar-refractivity contribution in [3.8, 4) is 0 Å². The Bertz CT molecular complexity index is 1430. The van der Waals surface area contributed by atoms with E-state index in [1.165, 1.54) is 4.90 Å². The number of aryl methyl sites for hydroxylation is 1. The second-order valence-corrected chi connectivity index (χ2v) is 13.8. The number of amides is 2. The summed E-state index contributed by atoms with van der Waals surface area (Å²) in [6.07, 6.45) is 3.15. The maximum atomic E-state index is 14.2. The van der Waals surface area contributed by atoms with Crippen LogP contribution in [0, 0.1) is 6.92 Å². The zero-order valence-corrected chi connectivity index (χ0v) is 26.6. The van der Waals surface area contributed by atoms with Gasteiger partial charge in [0.05, 0.1) is 11.9 Å². The molecule has 0 bridgehead atoms. The first-order chi connectivity index (χ1) is 19.8. The summed E-state index contributed by atoms with van der Waals surface area (Å²) in [5.41, 5.74) is 4.16. The Balaban J connectivity index is 2.03. The Kier molecular flexibility index (Phi) is 11.3. The van der Waals surface area contributed by atoms with Crippen LogP contribution in [0.1, 0.15) is 62.8 Å². The highest BCUT2D eigenvalue weighted by atomic mass is 32.2. The van der Waals surface area contributed by atoms with E-state index in [0.717, 1.165) is 45.7 Å². The van der Waals surface area contributed by atoms with Crippen molar-refractivity contribution < 1.29 is 18.0 Å². The van der Waals surface area contributed by atoms with E-state index in [2.05, 4.69) is 33.0 Å². The van der Waals surface area contributed by atoms with Crippen molar-refractivity contribution in [1.82, 2.24) is 10.2 Å². The Morgan fingerprint density at radius 3 is 2.12 bits per heavy atom. The number of carbonyl (C=O) groups is 2. The van der Waals surface area contributed by atoms with Gasteiger partial charge in [0.2, 0.25) is 21.8 Å². The lowest BCUT2D eigenvalue weighted by atomic mass is 9.87. The minimum absolute atomic E-state index is 0.106. The molecule has 0 heterocycles. The van der Waals surface area contributed by atoms with Gasteiger partial charge in [0.1, 0.15) is 12.6 Å². The van der Waals surface area contributed by atoms with E-state index in [1.807, 2.05) is 73.7 Å². The number of hydrogen-bond donors (Lipinski definition) is 1. The first kappa shape index (κ1) is 32.9. The van der Waals surface area contributed by atoms with Crippen LogP contribution in [-0.4, -0.2) is 50.5 Å². The molecule has 3 rings (SSSR count). The molecule has 0 saturated heterocycles. The molecule has 0 fully saturated rings. The lowest BCUT2D eigenvalue weighted by Crippen LogP contribution is -2.53. The van der Waals surface area contributed by atoms with Gasteiger partial charge in [0.15, 0.2) is 0 Å². The van der Waals surface area contributed by atoms with Crippen molar-refractivity contribution in [1.29, 1.82) is 0 Å². The Labute approximate surface area is 252 Å². The number of hydrogen-bond acceptors (Lipinski definition) is 4. The van der Waals surface area contributed by atoms with Gasteiger partial charge in [-0.3, -0.25) is 13.9 Å². The molecule has 3 aromatic carbocycles. The van der Waals surface area contributed by atoms with Crippen molar-refractivity contribution in [2.24, 2.45) is 0 Å². The fourth-order valence-corrected chi connectivity index (χ4v) is 5.66. The monoisotopic (exact) mass is 591 g/mol. The van der Waals surface area contributed by atoms with Crippen LogP contribution in [0.2, 0.25) is 0 Å². The molecule has 1 N–H and O–H groups in total. The Morgan fingerprint density at radius 1 is 0.905 bits per heavy atom. The normalized spacial score (nSPS) is 12.4. The highest BCUT2D eigenvalue weighted by molar-refractivity contribution is 7.92. The summed E-state index contributed by atoms with van der Waals surface area (Å²) in [7, 11) is -3.81. The van der Waals surface area contributed by atoms with Crippen molar-refractivity contribution in [3.63, 3.8) is 0 Å². The Morgan fingerprint density at radius 2 is 1.55 bits per heavy atom. The molecule has 0 saturated carbocycles. The van der Waals surface area contributed by atoms with Crippen LogP contribution < -0.4 is 9.62 Å². The second-order valence-electron chi connectivity index (χ2n) is 11.9. The maximum Gasteiger partial charge on any atom is 0.244 e. The maximum absolute atomic E-state index is 14.2. The van der Waals surface area contributed by atoms with Crippen molar-refractivity contribution in [3.05, 3.63) is 101 Å². The standard InChI is InChI=1S/C34H45N3O4S/c1-7-8-21-35-33(39)31(23-27-14-10-9-11-15-27)36(24-28-16-12-13-26(2)22-28)32(38)25-37(42(6,40)41)30-19-17-29(18-20-30)34(3,4)5/h9-20,22,31H,7-8,21,23-25H2,1-6H3,(H,35,39)/t31-/m0/s1. The van der Waals surface area contributed by atoms with Crippen molar-refractivity contribution in [2.45, 2.75) is 71.9 Å². The van der Waals surface area contributed by atoms with Gasteiger partial charge in [-0.1, -0.05) is 106 Å². The molecule has 7 nitrogen and oxygen atoms in total. The quantitative estimate of drug-likeness (QED) is 0.262. The van der Waals surface area contributed by atoms with Gasteiger partial charge in [0, 0.05) is 19.5 Å². The molecule has 0 radical (unpaired) electrons. The molecule has 0 spiro atoms. The van der Waals surface area contributed by atoms with E-state index in [9.17, 15) is 18.0 Å². The molecule has 0 aliphatic heterocycles. The minimum atomic E-state index is -3.81. The van der Waals surface area contributed by atoms with E-state index >= 15 is 0 Å². The highest BCUT2D eigenvalue weighted by Crippen LogP contribution is 2.26. The minimum Gasteiger partial charge on any atom is -0.354 e. The van der Waals surface area contributed by atoms with E-state index in [4.69, 9.17) is 0 Å². The summed E-state index contributed by atoms with van der Waals surface area (Å²) in [5, 5.41) is 3.01. The van der Waals surface area contributed by atoms with Crippen LogP contribution in [0.5, 0.6) is 0 Å². The van der Waals surface area contributed by atoms with Crippen molar-refractivity contribution in [2.75, 3.05) is 23.7 Å². The molecule has 0 aliphatic carbocycles. The van der Waals surface area contributed by atoms with Gasteiger partial charge in [-0.15, -0.1) is 0 Å². The lowest BCUT2D eigenvalue weighted by molar-refractivity contribution is -0.140. The van der Waals surface area contributed by atoms with Crippen molar-refractivity contribution >= 4 is 27.5 Å². The molecular formula is C34H45N3O4S. The van der Waals surface area contributed by atoms with Crippen LogP contribution in [0.3, 0.4) is 0 Å². The fourth-order valence-electron chi connectivity index (χ4n) is 4.81. The molecular weight excluding hydrogens is 546 g/mol. The van der Waals surface area contributed by atoms with Gasteiger partial charge in [0.25, 0.3) is 0 Å². The summed E-state index contributed by atoms with van der Waals surface area (Å²) >= 11 is 0. The number of nitrogens with zero attached hydrogens (tertiary/aromatic N) is 2. The summed E-state index contributed by atoms with van der Waals surface area (Å²) in [6, 6.07) is 23.8. The summed E-state index contributed by atoms with van der Waals surface area (Å²) < 4.78 is 27.2. The van der Waals surface area contributed by atoms with E-state index in [1.54, 1.807) is 12.1 Å². The fraction of sp³-hybridized carbons (Fsp3) is 0.412. The van der Waals surface area contributed by atoms with Gasteiger partial charge in [-0.25, -0.2) is 8.42 Å². The smallest absolute Gasteiger partial charge is 0.244 e. The summed E-state index contributed by atoms with van der Waals surface area (Å²) in [6.45, 7) is 10.5. The van der Waals surface area contributed by atoms with Crippen LogP contribution in [-0.2, 0) is 38.0 Å². The SMILES string of the molecule is CCCCNC(=O)[C@H](Cc1ccccc1)N(Cc1cccc(C)c1)C(=O)CN(c1ccc(C(C)(C)C)cc1)S(C)(=O)=O.